The lowest BCUT2D eigenvalue weighted by Crippen LogP contribution is -2.49. The Morgan fingerprint density at radius 2 is 1.88 bits per heavy atom. The van der Waals surface area contributed by atoms with Crippen LogP contribution in [-0.2, 0) is 0 Å². The van der Waals surface area contributed by atoms with Crippen molar-refractivity contribution in [3.63, 3.8) is 0 Å². The van der Waals surface area contributed by atoms with Gasteiger partial charge in [-0.15, -0.1) is 10.2 Å². The maximum Gasteiger partial charge on any atom is 0.274 e. The first-order valence-corrected chi connectivity index (χ1v) is 8.32. The molecule has 1 fully saturated rings. The van der Waals surface area contributed by atoms with Crippen LogP contribution in [0.25, 0.3) is 0 Å². The van der Waals surface area contributed by atoms with Crippen LogP contribution in [-0.4, -0.2) is 53.8 Å². The number of nitrogens with zero attached hydrogens (tertiary/aromatic N) is 4. The number of amides is 1. The summed E-state index contributed by atoms with van der Waals surface area (Å²) in [6, 6.07) is 11.1. The molecule has 1 aromatic carbocycles. The predicted octanol–water partition coefficient (Wildman–Crippen LogP) is 2.49. The van der Waals surface area contributed by atoms with Crippen LogP contribution >= 0.6 is 11.6 Å². The highest BCUT2D eigenvalue weighted by molar-refractivity contribution is 6.33. The van der Waals surface area contributed by atoms with Crippen LogP contribution in [0, 0.1) is 0 Å². The molecule has 3 rings (SSSR count). The van der Waals surface area contributed by atoms with Crippen molar-refractivity contribution in [2.45, 2.75) is 6.92 Å². The van der Waals surface area contributed by atoms with Gasteiger partial charge in [0.05, 0.1) is 17.3 Å². The maximum atomic E-state index is 12.5. The van der Waals surface area contributed by atoms with Crippen molar-refractivity contribution in [3.05, 3.63) is 47.1 Å². The van der Waals surface area contributed by atoms with Gasteiger partial charge in [0.25, 0.3) is 5.91 Å². The van der Waals surface area contributed by atoms with Gasteiger partial charge in [0.15, 0.2) is 5.69 Å². The standard InChI is InChI=1S/C17H19ClN4O2/c1-2-24-16-8-7-14(19-20-16)17(23)22-11-9-21(10-12-22)15-6-4-3-5-13(15)18/h3-8H,2,9-12H2,1H3. The third kappa shape index (κ3) is 3.59. The first-order valence-electron chi connectivity index (χ1n) is 7.94. The van der Waals surface area contributed by atoms with E-state index in [0.717, 1.165) is 23.8 Å². The summed E-state index contributed by atoms with van der Waals surface area (Å²) in [6.45, 7) is 5.11. The molecular weight excluding hydrogens is 328 g/mol. The van der Waals surface area contributed by atoms with Crippen LogP contribution in [0.2, 0.25) is 5.02 Å². The minimum absolute atomic E-state index is 0.107. The number of anilines is 1. The number of aromatic nitrogens is 2. The fourth-order valence-corrected chi connectivity index (χ4v) is 2.93. The van der Waals surface area contributed by atoms with Crippen molar-refractivity contribution in [1.82, 2.24) is 15.1 Å². The lowest BCUT2D eigenvalue weighted by molar-refractivity contribution is 0.0739. The average Bonchev–Trinajstić information content (AvgIpc) is 2.63. The first kappa shape index (κ1) is 16.5. The van der Waals surface area contributed by atoms with Crippen LogP contribution < -0.4 is 9.64 Å². The van der Waals surface area contributed by atoms with Crippen LogP contribution in [0.15, 0.2) is 36.4 Å². The van der Waals surface area contributed by atoms with E-state index in [2.05, 4.69) is 15.1 Å². The number of halogens is 1. The van der Waals surface area contributed by atoms with Gasteiger partial charge in [-0.25, -0.2) is 0 Å². The van der Waals surface area contributed by atoms with E-state index in [0.29, 0.717) is 31.3 Å². The Hall–Kier alpha value is -2.34. The van der Waals surface area contributed by atoms with Crippen LogP contribution in [0.5, 0.6) is 5.88 Å². The molecule has 6 nitrogen and oxygen atoms in total. The van der Waals surface area contributed by atoms with Crippen LogP contribution in [0.4, 0.5) is 5.69 Å². The summed E-state index contributed by atoms with van der Waals surface area (Å²) in [7, 11) is 0. The van der Waals surface area contributed by atoms with E-state index in [1.54, 1.807) is 17.0 Å². The second-order valence-electron chi connectivity index (χ2n) is 5.42. The maximum absolute atomic E-state index is 12.5. The molecule has 0 aliphatic carbocycles. The Balaban J connectivity index is 1.62. The number of piperazine rings is 1. The molecule has 1 amide bonds. The van der Waals surface area contributed by atoms with Gasteiger partial charge in [-0.1, -0.05) is 23.7 Å². The molecule has 0 bridgehead atoms. The van der Waals surface area contributed by atoms with Gasteiger partial charge in [0, 0.05) is 32.2 Å². The number of benzene rings is 1. The molecule has 0 unspecified atom stereocenters. The number of ether oxygens (including phenoxy) is 1. The molecule has 7 heteroatoms. The summed E-state index contributed by atoms with van der Waals surface area (Å²) in [5, 5.41) is 8.60. The third-order valence-corrected chi connectivity index (χ3v) is 4.23. The quantitative estimate of drug-likeness (QED) is 0.851. The van der Waals surface area contributed by atoms with Crippen molar-refractivity contribution >= 4 is 23.2 Å². The molecule has 0 atom stereocenters. The number of hydrogen-bond donors (Lipinski definition) is 0. The second-order valence-corrected chi connectivity index (χ2v) is 5.83. The molecule has 1 saturated heterocycles. The highest BCUT2D eigenvalue weighted by Crippen LogP contribution is 2.26. The highest BCUT2D eigenvalue weighted by atomic mass is 35.5. The smallest absolute Gasteiger partial charge is 0.274 e. The van der Waals surface area contributed by atoms with Gasteiger partial charge in [-0.3, -0.25) is 4.79 Å². The Kier molecular flexibility index (Phi) is 5.15. The molecule has 24 heavy (non-hydrogen) atoms. The molecule has 1 aliphatic heterocycles. The number of para-hydroxylation sites is 1. The van der Waals surface area contributed by atoms with E-state index >= 15 is 0 Å². The van der Waals surface area contributed by atoms with Crippen molar-refractivity contribution < 1.29 is 9.53 Å². The fourth-order valence-electron chi connectivity index (χ4n) is 2.68. The van der Waals surface area contributed by atoms with E-state index in [1.165, 1.54) is 0 Å². The molecule has 0 N–H and O–H groups in total. The average molecular weight is 347 g/mol. The second kappa shape index (κ2) is 7.49. The topological polar surface area (TPSA) is 58.6 Å². The molecule has 1 aromatic heterocycles. The highest BCUT2D eigenvalue weighted by Gasteiger charge is 2.24. The van der Waals surface area contributed by atoms with E-state index in [-0.39, 0.29) is 5.91 Å². The number of hydrogen-bond acceptors (Lipinski definition) is 5. The Labute approximate surface area is 146 Å². The lowest BCUT2D eigenvalue weighted by Gasteiger charge is -2.36. The van der Waals surface area contributed by atoms with Crippen LogP contribution in [0.3, 0.4) is 0 Å². The van der Waals surface area contributed by atoms with Gasteiger partial charge in [-0.2, -0.15) is 0 Å². The summed E-state index contributed by atoms with van der Waals surface area (Å²) in [6.07, 6.45) is 0. The molecule has 0 radical (unpaired) electrons. The first-order chi connectivity index (χ1) is 11.7. The van der Waals surface area contributed by atoms with E-state index in [4.69, 9.17) is 16.3 Å². The van der Waals surface area contributed by atoms with E-state index < -0.39 is 0 Å². The van der Waals surface area contributed by atoms with Crippen molar-refractivity contribution in [2.24, 2.45) is 0 Å². The molecule has 0 saturated carbocycles. The molecule has 1 aliphatic rings. The number of rotatable bonds is 4. The largest absolute Gasteiger partial charge is 0.477 e. The normalized spacial score (nSPS) is 14.6. The summed E-state index contributed by atoms with van der Waals surface area (Å²) in [5.41, 5.74) is 1.34. The Bertz CT molecular complexity index is 700. The van der Waals surface area contributed by atoms with Gasteiger partial charge >= 0.3 is 0 Å². The summed E-state index contributed by atoms with van der Waals surface area (Å²) in [4.78, 5) is 16.5. The lowest BCUT2D eigenvalue weighted by atomic mass is 10.2. The molecule has 2 heterocycles. The third-order valence-electron chi connectivity index (χ3n) is 3.91. The zero-order chi connectivity index (χ0) is 16.9. The Morgan fingerprint density at radius 1 is 1.12 bits per heavy atom. The van der Waals surface area contributed by atoms with Gasteiger partial charge in [0.1, 0.15) is 0 Å². The minimum atomic E-state index is -0.107. The summed E-state index contributed by atoms with van der Waals surface area (Å²) >= 11 is 6.24. The minimum Gasteiger partial charge on any atom is -0.477 e. The molecule has 0 spiro atoms. The SMILES string of the molecule is CCOc1ccc(C(=O)N2CCN(c3ccccc3Cl)CC2)nn1. The number of carbonyl (C=O) groups excluding carboxylic acids is 1. The fraction of sp³-hybridized carbons (Fsp3) is 0.353. The Morgan fingerprint density at radius 3 is 2.50 bits per heavy atom. The molecular formula is C17H19ClN4O2. The number of carbonyl (C=O) groups is 1. The van der Waals surface area contributed by atoms with Crippen molar-refractivity contribution in [1.29, 1.82) is 0 Å². The van der Waals surface area contributed by atoms with E-state index in [1.807, 2.05) is 31.2 Å². The van der Waals surface area contributed by atoms with Gasteiger partial charge in [-0.05, 0) is 25.1 Å². The molecule has 126 valence electrons. The monoisotopic (exact) mass is 346 g/mol. The summed E-state index contributed by atoms with van der Waals surface area (Å²) in [5.74, 6) is 0.321. The van der Waals surface area contributed by atoms with Gasteiger partial charge in [0.2, 0.25) is 5.88 Å². The predicted molar refractivity (Wildman–Crippen MR) is 92.8 cm³/mol. The van der Waals surface area contributed by atoms with Crippen molar-refractivity contribution in [3.8, 4) is 5.88 Å². The van der Waals surface area contributed by atoms with E-state index in [9.17, 15) is 4.79 Å². The van der Waals surface area contributed by atoms with Gasteiger partial charge < -0.3 is 14.5 Å². The zero-order valence-corrected chi connectivity index (χ0v) is 14.2. The van der Waals surface area contributed by atoms with Crippen LogP contribution in [0.1, 0.15) is 17.4 Å². The zero-order valence-electron chi connectivity index (χ0n) is 13.5. The summed E-state index contributed by atoms with van der Waals surface area (Å²) < 4.78 is 5.24. The molecule has 2 aromatic rings. The van der Waals surface area contributed by atoms with Crippen molar-refractivity contribution in [2.75, 3.05) is 37.7 Å².